The Balaban J connectivity index is 1.64. The van der Waals surface area contributed by atoms with Gasteiger partial charge in [0, 0.05) is 15.7 Å². The number of hydrogen-bond donors (Lipinski definition) is 0. The maximum atomic E-state index is 13.7. The minimum atomic E-state index is -0.855. The maximum Gasteiger partial charge on any atom is 0.257 e. The number of rotatable bonds is 8. The van der Waals surface area contributed by atoms with Crippen LogP contribution in [0.3, 0.4) is 0 Å². The molecule has 2 aromatic rings. The van der Waals surface area contributed by atoms with Crippen molar-refractivity contribution in [1.82, 2.24) is 4.90 Å². The Labute approximate surface area is 219 Å². The number of amides is 3. The second kappa shape index (κ2) is 11.2. The van der Waals surface area contributed by atoms with Crippen molar-refractivity contribution in [2.24, 2.45) is 0 Å². The molecule has 0 saturated carbocycles. The van der Waals surface area contributed by atoms with Gasteiger partial charge in [-0.25, -0.2) is 4.90 Å². The van der Waals surface area contributed by atoms with Crippen LogP contribution in [-0.2, 0) is 9.59 Å². The van der Waals surface area contributed by atoms with Crippen LogP contribution >= 0.6 is 22.6 Å². The molecule has 1 saturated heterocycles. The molecule has 2 aromatic carbocycles. The molecule has 8 heteroatoms. The van der Waals surface area contributed by atoms with Gasteiger partial charge in [0.1, 0.15) is 6.04 Å². The molecule has 0 spiro atoms. The zero-order valence-electron chi connectivity index (χ0n) is 20.0. The van der Waals surface area contributed by atoms with Crippen LogP contribution in [0.1, 0.15) is 48.9 Å². The Morgan fingerprint density at radius 2 is 1.80 bits per heavy atom. The number of carbonyl (C=O) groups is 3. The number of benzene rings is 2. The van der Waals surface area contributed by atoms with Gasteiger partial charge >= 0.3 is 0 Å². The fraction of sp³-hybridized carbons (Fsp3) is 0.370. The fourth-order valence-corrected chi connectivity index (χ4v) is 5.01. The zero-order chi connectivity index (χ0) is 24.9. The molecule has 35 heavy (non-hydrogen) atoms. The van der Waals surface area contributed by atoms with Gasteiger partial charge in [-0.15, -0.1) is 0 Å². The van der Waals surface area contributed by atoms with E-state index in [4.69, 9.17) is 9.47 Å². The Bertz CT molecular complexity index is 1140. The van der Waals surface area contributed by atoms with Gasteiger partial charge in [-0.3, -0.25) is 14.4 Å². The van der Waals surface area contributed by atoms with Gasteiger partial charge in [-0.1, -0.05) is 11.6 Å². The zero-order valence-corrected chi connectivity index (χ0v) is 22.1. The van der Waals surface area contributed by atoms with E-state index in [9.17, 15) is 14.4 Å². The fourth-order valence-electron chi connectivity index (χ4n) is 4.65. The minimum Gasteiger partial charge on any atom is -0.493 e. The molecule has 0 aromatic heterocycles. The van der Waals surface area contributed by atoms with Crippen molar-refractivity contribution in [3.63, 3.8) is 0 Å². The summed E-state index contributed by atoms with van der Waals surface area (Å²) in [6, 6.07) is 11.3. The molecule has 3 amide bonds. The lowest BCUT2D eigenvalue weighted by atomic mass is 9.96. The van der Waals surface area contributed by atoms with E-state index >= 15 is 0 Å². The van der Waals surface area contributed by atoms with Crippen LogP contribution in [0.15, 0.2) is 54.1 Å². The molecule has 0 N–H and O–H groups in total. The summed E-state index contributed by atoms with van der Waals surface area (Å²) < 4.78 is 11.7. The summed E-state index contributed by atoms with van der Waals surface area (Å²) in [5.41, 5.74) is 2.21. The number of carbonyl (C=O) groups excluding carboxylic acids is 3. The van der Waals surface area contributed by atoms with E-state index in [2.05, 4.69) is 28.7 Å². The summed E-state index contributed by atoms with van der Waals surface area (Å²) in [5, 5.41) is 0. The second-order valence-corrected chi connectivity index (χ2v) is 9.94. The van der Waals surface area contributed by atoms with Crippen molar-refractivity contribution >= 4 is 46.0 Å². The third kappa shape index (κ3) is 5.52. The van der Waals surface area contributed by atoms with Crippen molar-refractivity contribution in [2.75, 3.05) is 25.7 Å². The number of halogens is 1. The monoisotopic (exact) mass is 588 g/mol. The van der Waals surface area contributed by atoms with E-state index < -0.39 is 6.04 Å². The lowest BCUT2D eigenvalue weighted by Crippen LogP contribution is -2.46. The molecular formula is C27H29IN2O5. The number of nitrogens with zero attached hydrogens (tertiary/aromatic N) is 2. The Hall–Kier alpha value is -2.88. The highest BCUT2D eigenvalue weighted by Crippen LogP contribution is 2.31. The van der Waals surface area contributed by atoms with E-state index in [-0.39, 0.29) is 24.1 Å². The number of hydrogen-bond acceptors (Lipinski definition) is 5. The van der Waals surface area contributed by atoms with Crippen molar-refractivity contribution in [3.05, 3.63) is 63.2 Å². The van der Waals surface area contributed by atoms with E-state index in [0.29, 0.717) is 35.7 Å². The van der Waals surface area contributed by atoms with Crippen LogP contribution in [0, 0.1) is 3.57 Å². The minimum absolute atomic E-state index is 0.0388. The second-order valence-electron chi connectivity index (χ2n) is 8.69. The van der Waals surface area contributed by atoms with Crippen LogP contribution in [0.25, 0.3) is 0 Å². The first-order valence-corrected chi connectivity index (χ1v) is 12.8. The normalized spacial score (nSPS) is 17.9. The molecule has 0 radical (unpaired) electrons. The van der Waals surface area contributed by atoms with Gasteiger partial charge in [0.05, 0.1) is 26.3 Å². The summed E-state index contributed by atoms with van der Waals surface area (Å²) in [5.74, 6) is -0.0357. The topological polar surface area (TPSA) is 76.2 Å². The highest BCUT2D eigenvalue weighted by Gasteiger charge is 2.44. The first-order chi connectivity index (χ1) is 16.9. The summed E-state index contributed by atoms with van der Waals surface area (Å²) >= 11 is 2.18. The highest BCUT2D eigenvalue weighted by atomic mass is 127. The first-order valence-electron chi connectivity index (χ1n) is 11.8. The van der Waals surface area contributed by atoms with Crippen molar-refractivity contribution in [3.8, 4) is 11.5 Å². The number of allylic oxidation sites excluding steroid dienone is 1. The molecule has 4 rings (SSSR count). The highest BCUT2D eigenvalue weighted by molar-refractivity contribution is 14.1. The maximum absolute atomic E-state index is 13.7. The molecule has 1 aliphatic heterocycles. The van der Waals surface area contributed by atoms with Crippen LogP contribution in [0.2, 0.25) is 0 Å². The van der Waals surface area contributed by atoms with Crippen molar-refractivity contribution < 1.29 is 23.9 Å². The molecule has 1 aliphatic carbocycles. The summed E-state index contributed by atoms with van der Waals surface area (Å²) in [6.07, 6.45) is 7.24. The average Bonchev–Trinajstić information content (AvgIpc) is 3.18. The SMILES string of the molecule is COc1ccc(C(=O)N(CCC2=CCCCC2)C2CC(=O)N(c3ccc(I)cc3)C2=O)cc1OC. The quantitative estimate of drug-likeness (QED) is 0.247. The summed E-state index contributed by atoms with van der Waals surface area (Å²) in [4.78, 5) is 43.0. The number of methoxy groups -OCH3 is 2. The molecular weight excluding hydrogens is 559 g/mol. The molecule has 7 nitrogen and oxygen atoms in total. The van der Waals surface area contributed by atoms with E-state index in [1.807, 2.05) is 12.1 Å². The molecule has 0 bridgehead atoms. The van der Waals surface area contributed by atoms with Crippen molar-refractivity contribution in [2.45, 2.75) is 44.6 Å². The largest absolute Gasteiger partial charge is 0.493 e. The third-order valence-corrected chi connectivity index (χ3v) is 7.25. The van der Waals surface area contributed by atoms with E-state index in [1.54, 1.807) is 35.2 Å². The standard InChI is InChI=1S/C27H29IN2O5/c1-34-23-13-8-19(16-24(23)35-2)26(32)29(15-14-18-6-4-3-5-7-18)22-17-25(31)30(27(22)33)21-11-9-20(28)10-12-21/h6,8-13,16,22H,3-5,7,14-15,17H2,1-2H3. The lowest BCUT2D eigenvalue weighted by Gasteiger charge is -2.29. The van der Waals surface area contributed by atoms with E-state index in [1.165, 1.54) is 31.1 Å². The van der Waals surface area contributed by atoms with Crippen molar-refractivity contribution in [1.29, 1.82) is 0 Å². The van der Waals surface area contributed by atoms with E-state index in [0.717, 1.165) is 22.8 Å². The van der Waals surface area contributed by atoms with Gasteiger partial charge in [-0.05, 0) is 97.2 Å². The van der Waals surface area contributed by atoms with Crippen LogP contribution < -0.4 is 14.4 Å². The van der Waals surface area contributed by atoms with Gasteiger partial charge < -0.3 is 14.4 Å². The van der Waals surface area contributed by atoms with Gasteiger partial charge in [0.25, 0.3) is 11.8 Å². The third-order valence-electron chi connectivity index (χ3n) is 6.53. The van der Waals surface area contributed by atoms with Gasteiger partial charge in [0.2, 0.25) is 5.91 Å². The molecule has 1 fully saturated rings. The molecule has 1 atom stereocenters. The van der Waals surface area contributed by atoms with Crippen LogP contribution in [0.5, 0.6) is 11.5 Å². The summed E-state index contributed by atoms with van der Waals surface area (Å²) in [6.45, 7) is 0.364. The molecule has 2 aliphatic rings. The van der Waals surface area contributed by atoms with Gasteiger partial charge in [-0.2, -0.15) is 0 Å². The average molecular weight is 588 g/mol. The Morgan fingerprint density at radius 1 is 1.06 bits per heavy atom. The molecule has 184 valence electrons. The number of anilines is 1. The molecule has 1 unspecified atom stereocenters. The summed E-state index contributed by atoms with van der Waals surface area (Å²) in [7, 11) is 3.04. The smallest absolute Gasteiger partial charge is 0.257 e. The Kier molecular flexibility index (Phi) is 8.10. The predicted molar refractivity (Wildman–Crippen MR) is 142 cm³/mol. The molecule has 1 heterocycles. The van der Waals surface area contributed by atoms with Gasteiger partial charge in [0.15, 0.2) is 11.5 Å². The lowest BCUT2D eigenvalue weighted by molar-refractivity contribution is -0.122. The predicted octanol–water partition coefficient (Wildman–Crippen LogP) is 4.97. The van der Waals surface area contributed by atoms with Crippen LogP contribution in [0.4, 0.5) is 5.69 Å². The number of ether oxygens (including phenoxy) is 2. The Morgan fingerprint density at radius 3 is 2.46 bits per heavy atom. The van der Waals surface area contributed by atoms with Crippen LogP contribution in [-0.4, -0.2) is 49.4 Å². The first kappa shape index (κ1) is 25.2. The number of imide groups is 1.